The van der Waals surface area contributed by atoms with Crippen molar-refractivity contribution >= 4 is 11.9 Å². The summed E-state index contributed by atoms with van der Waals surface area (Å²) >= 11 is 0. The number of rotatable bonds is 2. The van der Waals surface area contributed by atoms with Gasteiger partial charge in [-0.05, 0) is 0 Å². The van der Waals surface area contributed by atoms with E-state index in [2.05, 4.69) is 15.8 Å². The van der Waals surface area contributed by atoms with E-state index >= 15 is 0 Å². The summed E-state index contributed by atoms with van der Waals surface area (Å²) in [6.07, 6.45) is 0. The van der Waals surface area contributed by atoms with Gasteiger partial charge in [0.2, 0.25) is 0 Å². The highest BCUT2D eigenvalue weighted by Crippen LogP contribution is 1.63. The molecule has 0 radical (unpaired) electrons. The molecule has 0 heterocycles. The lowest BCUT2D eigenvalue weighted by molar-refractivity contribution is 0.244. The minimum Gasteiger partial charge on any atom is -0.409 e. The van der Waals surface area contributed by atoms with Gasteiger partial charge in [0.15, 0.2) is 5.84 Å². The van der Waals surface area contributed by atoms with Gasteiger partial charge in [0.05, 0.1) is 6.54 Å². The van der Waals surface area contributed by atoms with E-state index in [0.29, 0.717) is 0 Å². The van der Waals surface area contributed by atoms with Crippen molar-refractivity contribution in [2.24, 2.45) is 10.9 Å². The van der Waals surface area contributed by atoms with E-state index in [-0.39, 0.29) is 18.4 Å². The number of nitrogens with zero attached hydrogens (tertiary/aromatic N) is 1. The molecule has 6 nitrogen and oxygen atoms in total. The fourth-order valence-corrected chi connectivity index (χ4v) is 0.295. The molecule has 0 aromatic heterocycles. The largest absolute Gasteiger partial charge is 0.409 e. The highest BCUT2D eigenvalue weighted by Gasteiger charge is 1.95. The van der Waals surface area contributed by atoms with E-state index in [1.165, 1.54) is 7.05 Å². The Morgan fingerprint density at radius 3 is 2.80 bits per heavy atom. The van der Waals surface area contributed by atoms with Crippen LogP contribution in [0.15, 0.2) is 5.16 Å². The lowest BCUT2D eigenvalue weighted by Crippen LogP contribution is -2.38. The van der Waals surface area contributed by atoms with Gasteiger partial charge in [0.25, 0.3) is 0 Å². The highest BCUT2D eigenvalue weighted by molar-refractivity contribution is 5.86. The summed E-state index contributed by atoms with van der Waals surface area (Å²) in [5, 5.41) is 15.3. The van der Waals surface area contributed by atoms with Crippen LogP contribution in [0.1, 0.15) is 0 Å². The first-order valence-electron chi connectivity index (χ1n) is 2.62. The molecule has 0 aromatic rings. The van der Waals surface area contributed by atoms with E-state index in [1.807, 2.05) is 0 Å². The van der Waals surface area contributed by atoms with E-state index in [1.54, 1.807) is 0 Å². The number of amidine groups is 1. The number of urea groups is 1. The molecule has 0 aliphatic rings. The zero-order valence-electron chi connectivity index (χ0n) is 5.59. The Labute approximate surface area is 58.1 Å². The van der Waals surface area contributed by atoms with Gasteiger partial charge >= 0.3 is 6.03 Å². The van der Waals surface area contributed by atoms with Crippen molar-refractivity contribution in [2.75, 3.05) is 13.6 Å². The van der Waals surface area contributed by atoms with Crippen LogP contribution in [0.5, 0.6) is 0 Å². The third kappa shape index (κ3) is 3.53. The fourth-order valence-electron chi connectivity index (χ4n) is 0.295. The molecule has 0 spiro atoms. The second-order valence-corrected chi connectivity index (χ2v) is 1.52. The van der Waals surface area contributed by atoms with Crippen LogP contribution in [0.2, 0.25) is 0 Å². The molecule has 0 fully saturated rings. The topological polar surface area (TPSA) is 99.7 Å². The molecule has 10 heavy (non-hydrogen) atoms. The van der Waals surface area contributed by atoms with Crippen LogP contribution in [0.25, 0.3) is 0 Å². The first kappa shape index (κ1) is 8.54. The Morgan fingerprint density at radius 2 is 2.40 bits per heavy atom. The third-order valence-corrected chi connectivity index (χ3v) is 0.786. The molecular weight excluding hydrogens is 136 g/mol. The number of oxime groups is 1. The summed E-state index contributed by atoms with van der Waals surface area (Å²) in [6, 6.07) is -0.369. The quantitative estimate of drug-likeness (QED) is 0.168. The number of nitrogens with two attached hydrogens (primary N) is 1. The number of amides is 2. The molecule has 0 aliphatic carbocycles. The van der Waals surface area contributed by atoms with Crippen molar-refractivity contribution in [2.45, 2.75) is 0 Å². The lowest BCUT2D eigenvalue weighted by Gasteiger charge is -2.00. The summed E-state index contributed by atoms with van der Waals surface area (Å²) in [5.41, 5.74) is 5.03. The van der Waals surface area contributed by atoms with Gasteiger partial charge in [0, 0.05) is 7.05 Å². The smallest absolute Gasteiger partial charge is 0.314 e. The van der Waals surface area contributed by atoms with E-state index < -0.39 is 0 Å². The molecule has 0 atom stereocenters. The summed E-state index contributed by atoms with van der Waals surface area (Å²) in [7, 11) is 1.47. The third-order valence-electron chi connectivity index (χ3n) is 0.786. The average molecular weight is 146 g/mol. The van der Waals surface area contributed by atoms with Crippen LogP contribution in [0, 0.1) is 0 Å². The van der Waals surface area contributed by atoms with Crippen molar-refractivity contribution in [3.8, 4) is 0 Å². The average Bonchev–Trinajstić information content (AvgIpc) is 1.99. The van der Waals surface area contributed by atoms with Gasteiger partial charge in [-0.25, -0.2) is 4.79 Å². The Hall–Kier alpha value is -1.46. The predicted molar refractivity (Wildman–Crippen MR) is 35.9 cm³/mol. The van der Waals surface area contributed by atoms with Gasteiger partial charge in [-0.1, -0.05) is 5.16 Å². The van der Waals surface area contributed by atoms with Gasteiger partial charge in [-0.15, -0.1) is 0 Å². The molecule has 6 heteroatoms. The van der Waals surface area contributed by atoms with E-state index in [9.17, 15) is 4.79 Å². The van der Waals surface area contributed by atoms with Crippen molar-refractivity contribution < 1.29 is 10.0 Å². The molecule has 2 amide bonds. The van der Waals surface area contributed by atoms with Crippen LogP contribution in [-0.4, -0.2) is 30.7 Å². The first-order chi connectivity index (χ1) is 4.70. The molecule has 0 bridgehead atoms. The van der Waals surface area contributed by atoms with Crippen molar-refractivity contribution in [3.63, 3.8) is 0 Å². The van der Waals surface area contributed by atoms with Gasteiger partial charge in [-0.2, -0.15) is 0 Å². The first-order valence-corrected chi connectivity index (χ1v) is 2.62. The minimum absolute atomic E-state index is 0.0379. The number of carbonyl (C=O) groups excluding carboxylic acids is 1. The van der Waals surface area contributed by atoms with Crippen LogP contribution in [0.3, 0.4) is 0 Å². The zero-order chi connectivity index (χ0) is 7.98. The molecule has 0 saturated heterocycles. The monoisotopic (exact) mass is 146 g/mol. The Kier molecular flexibility index (Phi) is 3.78. The van der Waals surface area contributed by atoms with Crippen molar-refractivity contribution in [1.29, 1.82) is 0 Å². The maximum absolute atomic E-state index is 10.4. The Bertz CT molecular complexity index is 144. The van der Waals surface area contributed by atoms with Gasteiger partial charge in [-0.3, -0.25) is 0 Å². The fraction of sp³-hybridized carbons (Fsp3) is 0.500. The predicted octanol–water partition coefficient (Wildman–Crippen LogP) is -1.34. The molecule has 0 aliphatic heterocycles. The standard InChI is InChI=1S/C4H10N4O2/c1-6-4(9)7-2-3(5)8-10/h10H,2H2,1H3,(H2,5,8)(H2,6,7,9). The molecule has 0 rings (SSSR count). The van der Waals surface area contributed by atoms with E-state index in [0.717, 1.165) is 0 Å². The summed E-state index contributed by atoms with van der Waals surface area (Å²) in [5.74, 6) is -0.0383. The molecule has 58 valence electrons. The number of hydrogen-bond donors (Lipinski definition) is 4. The number of nitrogens with one attached hydrogen (secondary N) is 2. The summed E-state index contributed by atoms with van der Waals surface area (Å²) in [6.45, 7) is 0.0379. The van der Waals surface area contributed by atoms with Crippen molar-refractivity contribution in [3.05, 3.63) is 0 Å². The van der Waals surface area contributed by atoms with Crippen molar-refractivity contribution in [1.82, 2.24) is 10.6 Å². The van der Waals surface area contributed by atoms with Crippen LogP contribution in [0.4, 0.5) is 4.79 Å². The Balaban J connectivity index is 3.45. The summed E-state index contributed by atoms with van der Waals surface area (Å²) < 4.78 is 0. The normalized spacial score (nSPS) is 10.7. The lowest BCUT2D eigenvalue weighted by atomic mass is 10.6. The molecule has 0 unspecified atom stereocenters. The van der Waals surface area contributed by atoms with Gasteiger partial charge < -0.3 is 21.6 Å². The Morgan fingerprint density at radius 1 is 1.80 bits per heavy atom. The van der Waals surface area contributed by atoms with E-state index in [4.69, 9.17) is 10.9 Å². The molecule has 0 aromatic carbocycles. The molecular formula is C4H10N4O2. The van der Waals surface area contributed by atoms with Gasteiger partial charge in [0.1, 0.15) is 0 Å². The number of hydrogen-bond acceptors (Lipinski definition) is 3. The molecule has 0 saturated carbocycles. The second-order valence-electron chi connectivity index (χ2n) is 1.52. The SMILES string of the molecule is CNC(=O)NCC(N)=NO. The zero-order valence-corrected chi connectivity index (χ0v) is 5.59. The van der Waals surface area contributed by atoms with Crippen LogP contribution in [-0.2, 0) is 0 Å². The minimum atomic E-state index is -0.369. The number of carbonyl (C=O) groups is 1. The highest BCUT2D eigenvalue weighted by atomic mass is 16.4. The van der Waals surface area contributed by atoms with Crippen LogP contribution >= 0.6 is 0 Å². The maximum Gasteiger partial charge on any atom is 0.314 e. The maximum atomic E-state index is 10.4. The second kappa shape index (κ2) is 4.42. The van der Waals surface area contributed by atoms with Crippen LogP contribution < -0.4 is 16.4 Å². The summed E-state index contributed by atoms with van der Waals surface area (Å²) in [4.78, 5) is 10.4. The molecule has 5 N–H and O–H groups in total.